The van der Waals surface area contributed by atoms with Crippen molar-refractivity contribution in [3.05, 3.63) is 0 Å². The largest absolute Gasteiger partial charge is 0.329 e. The lowest BCUT2D eigenvalue weighted by molar-refractivity contribution is 0.384. The van der Waals surface area contributed by atoms with Crippen molar-refractivity contribution in [2.45, 2.75) is 27.2 Å². The van der Waals surface area contributed by atoms with E-state index >= 15 is 0 Å². The molecule has 1 atom stereocenters. The van der Waals surface area contributed by atoms with Crippen molar-refractivity contribution in [1.29, 1.82) is 0 Å². The fraction of sp³-hybridized carbons (Fsp3) is 1.00. The maximum Gasteiger partial charge on any atom is 0.00745 e. The molecule has 0 spiro atoms. The van der Waals surface area contributed by atoms with Crippen LogP contribution in [0.15, 0.2) is 0 Å². The van der Waals surface area contributed by atoms with Gasteiger partial charge in [0.05, 0.1) is 0 Å². The third kappa shape index (κ3) is 6.32. The van der Waals surface area contributed by atoms with Gasteiger partial charge in [0.25, 0.3) is 0 Å². The molecule has 68 valence electrons. The van der Waals surface area contributed by atoms with Crippen LogP contribution in [0.1, 0.15) is 27.2 Å². The second-order valence-electron chi connectivity index (χ2n) is 3.55. The van der Waals surface area contributed by atoms with E-state index in [1.807, 2.05) is 0 Å². The van der Waals surface area contributed by atoms with Gasteiger partial charge in [0.15, 0.2) is 0 Å². The number of nitrogens with two attached hydrogens (primary N) is 1. The highest BCUT2D eigenvalue weighted by atomic mass is 14.9. The molecule has 0 saturated heterocycles. The van der Waals surface area contributed by atoms with Crippen LogP contribution in [0.3, 0.4) is 0 Å². The van der Waals surface area contributed by atoms with Crippen LogP contribution in [-0.2, 0) is 0 Å². The Balaban J connectivity index is 3.10. The first kappa shape index (κ1) is 10.9. The minimum absolute atomic E-state index is 0.746. The average molecular weight is 158 g/mol. The summed E-state index contributed by atoms with van der Waals surface area (Å²) in [5.74, 6) is 1.62. The van der Waals surface area contributed by atoms with Crippen molar-refractivity contribution in [2.75, 3.05) is 19.6 Å². The summed E-state index contributed by atoms with van der Waals surface area (Å²) in [6.45, 7) is 9.65. The van der Waals surface area contributed by atoms with Gasteiger partial charge in [0, 0.05) is 13.1 Å². The smallest absolute Gasteiger partial charge is 0.00745 e. The van der Waals surface area contributed by atoms with E-state index in [-0.39, 0.29) is 0 Å². The molecule has 0 radical (unpaired) electrons. The van der Waals surface area contributed by atoms with Crippen LogP contribution < -0.4 is 11.1 Å². The third-order valence-electron chi connectivity index (χ3n) is 2.24. The summed E-state index contributed by atoms with van der Waals surface area (Å²) in [4.78, 5) is 0. The second-order valence-corrected chi connectivity index (χ2v) is 3.55. The molecule has 0 aromatic carbocycles. The molecular weight excluding hydrogens is 136 g/mol. The van der Waals surface area contributed by atoms with Gasteiger partial charge in [0.1, 0.15) is 0 Å². The predicted octanol–water partition coefficient (Wildman–Crippen LogP) is 1.22. The summed E-state index contributed by atoms with van der Waals surface area (Å²) < 4.78 is 0. The normalized spacial score (nSPS) is 13.9. The Morgan fingerprint density at radius 1 is 1.18 bits per heavy atom. The zero-order valence-corrected chi connectivity index (χ0v) is 8.06. The number of hydrogen-bond acceptors (Lipinski definition) is 2. The van der Waals surface area contributed by atoms with Crippen LogP contribution in [-0.4, -0.2) is 19.6 Å². The van der Waals surface area contributed by atoms with Crippen LogP contribution >= 0.6 is 0 Å². The van der Waals surface area contributed by atoms with Crippen molar-refractivity contribution in [3.8, 4) is 0 Å². The highest BCUT2D eigenvalue weighted by Crippen LogP contribution is 2.12. The molecule has 0 aliphatic carbocycles. The summed E-state index contributed by atoms with van der Waals surface area (Å²) in [7, 11) is 0. The van der Waals surface area contributed by atoms with Gasteiger partial charge in [0.2, 0.25) is 0 Å². The molecule has 0 aliphatic heterocycles. The summed E-state index contributed by atoms with van der Waals surface area (Å²) >= 11 is 0. The van der Waals surface area contributed by atoms with E-state index < -0.39 is 0 Å². The summed E-state index contributed by atoms with van der Waals surface area (Å²) in [6, 6.07) is 0. The second kappa shape index (κ2) is 6.62. The summed E-state index contributed by atoms with van der Waals surface area (Å²) in [5, 5.41) is 3.30. The van der Waals surface area contributed by atoms with E-state index in [0.29, 0.717) is 0 Å². The maximum absolute atomic E-state index is 5.34. The highest BCUT2D eigenvalue weighted by Gasteiger charge is 2.05. The monoisotopic (exact) mass is 158 g/mol. The van der Waals surface area contributed by atoms with E-state index in [2.05, 4.69) is 26.1 Å². The lowest BCUT2D eigenvalue weighted by atomic mass is 9.95. The predicted molar refractivity (Wildman–Crippen MR) is 50.5 cm³/mol. The molecule has 0 aromatic heterocycles. The molecule has 0 saturated carbocycles. The molecule has 2 nitrogen and oxygen atoms in total. The molecule has 0 heterocycles. The van der Waals surface area contributed by atoms with E-state index in [1.54, 1.807) is 0 Å². The number of nitrogens with one attached hydrogen (secondary N) is 1. The first-order valence-corrected chi connectivity index (χ1v) is 4.59. The molecule has 0 aromatic rings. The molecule has 0 amide bonds. The Morgan fingerprint density at radius 2 is 1.82 bits per heavy atom. The van der Waals surface area contributed by atoms with Gasteiger partial charge < -0.3 is 11.1 Å². The zero-order valence-electron chi connectivity index (χ0n) is 8.06. The fourth-order valence-electron chi connectivity index (χ4n) is 0.890. The van der Waals surface area contributed by atoms with Gasteiger partial charge in [-0.05, 0) is 24.8 Å². The van der Waals surface area contributed by atoms with Crippen molar-refractivity contribution < 1.29 is 0 Å². The van der Waals surface area contributed by atoms with Crippen LogP contribution in [0.2, 0.25) is 0 Å². The Hall–Kier alpha value is -0.0800. The van der Waals surface area contributed by atoms with E-state index in [9.17, 15) is 0 Å². The zero-order chi connectivity index (χ0) is 8.69. The quantitative estimate of drug-likeness (QED) is 0.570. The van der Waals surface area contributed by atoms with Crippen LogP contribution in [0.5, 0.6) is 0 Å². The summed E-state index contributed by atoms with van der Waals surface area (Å²) in [5.41, 5.74) is 5.34. The molecule has 1 unspecified atom stereocenters. The minimum atomic E-state index is 0.746. The molecule has 11 heavy (non-hydrogen) atoms. The molecule has 0 fully saturated rings. The first-order valence-electron chi connectivity index (χ1n) is 4.59. The standard InChI is InChI=1S/C9H22N2/c1-8(2)9(3)4-6-11-7-5-10/h8-9,11H,4-7,10H2,1-3H3. The van der Waals surface area contributed by atoms with Gasteiger partial charge in [-0.25, -0.2) is 0 Å². The highest BCUT2D eigenvalue weighted by molar-refractivity contribution is 4.59. The van der Waals surface area contributed by atoms with E-state index in [1.165, 1.54) is 6.42 Å². The Kier molecular flexibility index (Phi) is 6.57. The Morgan fingerprint density at radius 3 is 2.27 bits per heavy atom. The average Bonchev–Trinajstić information content (AvgIpc) is 1.97. The Labute approximate surface area is 70.5 Å². The van der Waals surface area contributed by atoms with Crippen molar-refractivity contribution in [1.82, 2.24) is 5.32 Å². The van der Waals surface area contributed by atoms with Crippen molar-refractivity contribution >= 4 is 0 Å². The SMILES string of the molecule is CC(C)C(C)CCNCCN. The topological polar surface area (TPSA) is 38.0 Å². The van der Waals surface area contributed by atoms with Gasteiger partial charge in [-0.3, -0.25) is 0 Å². The minimum Gasteiger partial charge on any atom is -0.329 e. The van der Waals surface area contributed by atoms with Gasteiger partial charge in [-0.15, -0.1) is 0 Å². The maximum atomic E-state index is 5.34. The molecular formula is C9H22N2. The summed E-state index contributed by atoms with van der Waals surface area (Å²) in [6.07, 6.45) is 1.26. The van der Waals surface area contributed by atoms with Gasteiger partial charge in [-0.1, -0.05) is 20.8 Å². The third-order valence-corrected chi connectivity index (χ3v) is 2.24. The van der Waals surface area contributed by atoms with Crippen molar-refractivity contribution in [3.63, 3.8) is 0 Å². The Bertz CT molecular complexity index is 81.6. The molecule has 0 bridgehead atoms. The van der Waals surface area contributed by atoms with E-state index in [0.717, 1.165) is 31.5 Å². The number of rotatable bonds is 6. The molecule has 3 N–H and O–H groups in total. The van der Waals surface area contributed by atoms with Crippen molar-refractivity contribution in [2.24, 2.45) is 17.6 Å². The van der Waals surface area contributed by atoms with Crippen LogP contribution in [0.4, 0.5) is 0 Å². The van der Waals surface area contributed by atoms with Crippen LogP contribution in [0.25, 0.3) is 0 Å². The van der Waals surface area contributed by atoms with Gasteiger partial charge >= 0.3 is 0 Å². The molecule has 0 rings (SSSR count). The first-order chi connectivity index (χ1) is 5.18. The molecule has 0 aliphatic rings. The lowest BCUT2D eigenvalue weighted by Crippen LogP contribution is -2.25. The molecule has 2 heteroatoms. The van der Waals surface area contributed by atoms with Crippen LogP contribution in [0, 0.1) is 11.8 Å². The number of hydrogen-bond donors (Lipinski definition) is 2. The van der Waals surface area contributed by atoms with E-state index in [4.69, 9.17) is 5.73 Å². The lowest BCUT2D eigenvalue weighted by Gasteiger charge is -2.15. The fourth-order valence-corrected chi connectivity index (χ4v) is 0.890. The van der Waals surface area contributed by atoms with Gasteiger partial charge in [-0.2, -0.15) is 0 Å².